The first-order chi connectivity index (χ1) is 10.8. The molecule has 124 valence electrons. The Labute approximate surface area is 133 Å². The second-order valence-electron chi connectivity index (χ2n) is 4.98. The van der Waals surface area contributed by atoms with Gasteiger partial charge in [0.2, 0.25) is 0 Å². The van der Waals surface area contributed by atoms with Crippen molar-refractivity contribution >= 4 is 11.6 Å². The lowest BCUT2D eigenvalue weighted by Gasteiger charge is -2.17. The van der Waals surface area contributed by atoms with Gasteiger partial charge in [0.05, 0.1) is 11.6 Å². The van der Waals surface area contributed by atoms with Gasteiger partial charge in [-0.1, -0.05) is 11.6 Å². The Hall–Kier alpha value is -2.00. The molecule has 0 radical (unpaired) electrons. The smallest absolute Gasteiger partial charge is 0.422 e. The highest BCUT2D eigenvalue weighted by atomic mass is 35.5. The first-order valence-corrected chi connectivity index (χ1v) is 7.08. The molecule has 0 amide bonds. The van der Waals surface area contributed by atoms with Crippen molar-refractivity contribution in [1.29, 1.82) is 0 Å². The molecule has 0 saturated heterocycles. The predicted octanol–water partition coefficient (Wildman–Crippen LogP) is 2.35. The molecule has 1 aromatic heterocycles. The zero-order chi connectivity index (χ0) is 16.6. The van der Waals surface area contributed by atoms with E-state index in [2.05, 4.69) is 20.3 Å². The van der Waals surface area contributed by atoms with Crippen LogP contribution in [0.15, 0.2) is 12.1 Å². The minimum atomic E-state index is -4.52. The number of benzene rings is 1. The maximum Gasteiger partial charge on any atom is 0.422 e. The van der Waals surface area contributed by atoms with Crippen molar-refractivity contribution in [1.82, 2.24) is 20.1 Å². The number of rotatable bonds is 3. The van der Waals surface area contributed by atoms with Crippen molar-refractivity contribution in [2.75, 3.05) is 13.2 Å². The van der Waals surface area contributed by atoms with Crippen LogP contribution in [0.25, 0.3) is 11.4 Å². The van der Waals surface area contributed by atoms with Crippen molar-refractivity contribution in [3.8, 4) is 22.9 Å². The van der Waals surface area contributed by atoms with Gasteiger partial charge in [-0.3, -0.25) is 0 Å². The largest absolute Gasteiger partial charge is 0.503 e. The molecule has 1 aliphatic rings. The molecule has 0 unspecified atom stereocenters. The van der Waals surface area contributed by atoms with Crippen molar-refractivity contribution in [2.45, 2.75) is 19.3 Å². The van der Waals surface area contributed by atoms with Crippen LogP contribution in [-0.4, -0.2) is 39.2 Å². The van der Waals surface area contributed by atoms with E-state index in [1.165, 1.54) is 12.1 Å². The molecular weight excluding hydrogens is 337 g/mol. The molecular formula is C13H12ClF3N4O2. The summed E-state index contributed by atoms with van der Waals surface area (Å²) in [6.07, 6.45) is -4.52. The summed E-state index contributed by atoms with van der Waals surface area (Å²) in [5.74, 6) is 0.282. The molecule has 0 bridgehead atoms. The molecule has 0 atom stereocenters. The summed E-state index contributed by atoms with van der Waals surface area (Å²) in [5.41, 5.74) is 0.422. The summed E-state index contributed by atoms with van der Waals surface area (Å²) < 4.78 is 43.4. The van der Waals surface area contributed by atoms with Gasteiger partial charge in [0.25, 0.3) is 0 Å². The molecule has 23 heavy (non-hydrogen) atoms. The third-order valence-corrected chi connectivity index (χ3v) is 3.59. The average molecular weight is 349 g/mol. The fourth-order valence-electron chi connectivity index (χ4n) is 2.28. The van der Waals surface area contributed by atoms with E-state index in [1.54, 1.807) is 0 Å². The number of hydrogen-bond acceptors (Lipinski definition) is 5. The fourth-order valence-corrected chi connectivity index (χ4v) is 2.49. The maximum atomic E-state index is 12.3. The molecule has 3 rings (SSSR count). The Balaban J connectivity index is 1.97. The first kappa shape index (κ1) is 15.9. The number of aromatic hydroxyl groups is 1. The summed E-state index contributed by atoms with van der Waals surface area (Å²) in [6, 6.07) is 2.68. The number of aromatic nitrogens is 3. The lowest BCUT2D eigenvalue weighted by atomic mass is 10.2. The minimum absolute atomic E-state index is 0.119. The average Bonchev–Trinajstić information content (AvgIpc) is 2.92. The van der Waals surface area contributed by atoms with Gasteiger partial charge in [-0.25, -0.2) is 0 Å². The lowest BCUT2D eigenvalue weighted by Crippen LogP contribution is -2.28. The van der Waals surface area contributed by atoms with Gasteiger partial charge in [0.15, 0.2) is 23.9 Å². The molecule has 1 aliphatic heterocycles. The number of nitrogens with zero attached hydrogens (tertiary/aromatic N) is 3. The summed E-state index contributed by atoms with van der Waals surface area (Å²) in [5, 5.41) is 20.9. The summed E-state index contributed by atoms with van der Waals surface area (Å²) in [6.45, 7) is 0.370. The number of phenols is 1. The first-order valence-electron chi connectivity index (χ1n) is 6.70. The van der Waals surface area contributed by atoms with E-state index in [0.717, 1.165) is 6.54 Å². The molecule has 2 heterocycles. The van der Waals surface area contributed by atoms with E-state index < -0.39 is 18.5 Å². The highest BCUT2D eigenvalue weighted by Crippen LogP contribution is 2.39. The van der Waals surface area contributed by atoms with E-state index in [-0.39, 0.29) is 10.8 Å². The SMILES string of the molecule is Oc1c(Cl)cc(-c2nnc3n2CCNC3)cc1OCC(F)(F)F. The quantitative estimate of drug-likeness (QED) is 0.891. The summed E-state index contributed by atoms with van der Waals surface area (Å²) in [4.78, 5) is 0. The summed E-state index contributed by atoms with van der Waals surface area (Å²) in [7, 11) is 0. The van der Waals surface area contributed by atoms with Crippen LogP contribution in [0.5, 0.6) is 11.5 Å². The molecule has 0 saturated carbocycles. The molecule has 1 aromatic carbocycles. The van der Waals surface area contributed by atoms with Gasteiger partial charge in [-0.15, -0.1) is 10.2 Å². The predicted molar refractivity (Wildman–Crippen MR) is 75.4 cm³/mol. The fraction of sp³-hybridized carbons (Fsp3) is 0.385. The van der Waals surface area contributed by atoms with Crippen LogP contribution in [0.3, 0.4) is 0 Å². The van der Waals surface area contributed by atoms with Crippen molar-refractivity contribution in [3.63, 3.8) is 0 Å². The third kappa shape index (κ3) is 3.35. The highest BCUT2D eigenvalue weighted by Gasteiger charge is 2.29. The van der Waals surface area contributed by atoms with Crippen LogP contribution >= 0.6 is 11.6 Å². The van der Waals surface area contributed by atoms with Crippen LogP contribution < -0.4 is 10.1 Å². The molecule has 10 heteroatoms. The Morgan fingerprint density at radius 3 is 2.87 bits per heavy atom. The molecule has 0 spiro atoms. The second-order valence-corrected chi connectivity index (χ2v) is 5.38. The van der Waals surface area contributed by atoms with E-state index in [9.17, 15) is 18.3 Å². The van der Waals surface area contributed by atoms with Crippen molar-refractivity contribution in [3.05, 3.63) is 23.0 Å². The van der Waals surface area contributed by atoms with Crippen LogP contribution in [0.1, 0.15) is 5.82 Å². The number of fused-ring (bicyclic) bond motifs is 1. The van der Waals surface area contributed by atoms with Crippen LogP contribution in [0.4, 0.5) is 13.2 Å². The third-order valence-electron chi connectivity index (χ3n) is 3.30. The van der Waals surface area contributed by atoms with Crippen LogP contribution in [0, 0.1) is 0 Å². The molecule has 0 aliphatic carbocycles. The summed E-state index contributed by atoms with van der Waals surface area (Å²) >= 11 is 5.89. The van der Waals surface area contributed by atoms with E-state index in [4.69, 9.17) is 11.6 Å². The van der Waals surface area contributed by atoms with E-state index >= 15 is 0 Å². The van der Waals surface area contributed by atoms with Crippen LogP contribution in [0.2, 0.25) is 5.02 Å². The van der Waals surface area contributed by atoms with Gasteiger partial charge in [0.1, 0.15) is 5.82 Å². The lowest BCUT2D eigenvalue weighted by molar-refractivity contribution is -0.153. The van der Waals surface area contributed by atoms with Gasteiger partial charge in [0, 0.05) is 18.7 Å². The second kappa shape index (κ2) is 5.89. The van der Waals surface area contributed by atoms with Gasteiger partial charge in [-0.05, 0) is 12.1 Å². The van der Waals surface area contributed by atoms with Gasteiger partial charge >= 0.3 is 6.18 Å². The standard InChI is InChI=1S/C13H12ClF3N4O2/c14-8-3-7(4-9(11(8)22)23-6-13(15,16)17)12-20-19-10-5-18-1-2-21(10)12/h3-4,18,22H,1-2,5-6H2. The van der Waals surface area contributed by atoms with Crippen molar-refractivity contribution < 1.29 is 23.0 Å². The highest BCUT2D eigenvalue weighted by molar-refractivity contribution is 6.32. The van der Waals surface area contributed by atoms with E-state index in [1.807, 2.05) is 4.57 Å². The Morgan fingerprint density at radius 1 is 1.35 bits per heavy atom. The van der Waals surface area contributed by atoms with Gasteiger partial charge in [-0.2, -0.15) is 13.2 Å². The normalized spacial score (nSPS) is 14.6. The topological polar surface area (TPSA) is 72.2 Å². The Morgan fingerprint density at radius 2 is 2.13 bits per heavy atom. The zero-order valence-corrected chi connectivity index (χ0v) is 12.4. The molecule has 0 fully saturated rings. The number of phenolic OH excluding ortho intramolecular Hbond substituents is 1. The van der Waals surface area contributed by atoms with Crippen LogP contribution in [-0.2, 0) is 13.1 Å². The van der Waals surface area contributed by atoms with Crippen molar-refractivity contribution in [2.24, 2.45) is 0 Å². The molecule has 2 N–H and O–H groups in total. The number of alkyl halides is 3. The number of halogens is 4. The molecule has 6 nitrogen and oxygen atoms in total. The maximum absolute atomic E-state index is 12.3. The molecule has 2 aromatic rings. The van der Waals surface area contributed by atoms with E-state index in [0.29, 0.717) is 30.3 Å². The minimum Gasteiger partial charge on any atom is -0.503 e. The monoisotopic (exact) mass is 348 g/mol. The number of nitrogens with one attached hydrogen (secondary N) is 1. The number of ether oxygens (including phenoxy) is 1. The van der Waals surface area contributed by atoms with Gasteiger partial charge < -0.3 is 19.7 Å². The Bertz CT molecular complexity index is 733. The zero-order valence-electron chi connectivity index (χ0n) is 11.7. The Kier molecular flexibility index (Phi) is 4.07. The number of hydrogen-bond donors (Lipinski definition) is 2.